The van der Waals surface area contributed by atoms with Crippen molar-refractivity contribution in [3.8, 4) is 11.1 Å². The molecule has 202 valence electrons. The maximum Gasteiger partial charge on any atom is 0.143 e. The van der Waals surface area contributed by atoms with Crippen molar-refractivity contribution < 1.29 is 4.42 Å². The minimum Gasteiger partial charge on any atom is -0.455 e. The zero-order valence-electron chi connectivity index (χ0n) is 23.2. The van der Waals surface area contributed by atoms with Gasteiger partial charge >= 0.3 is 0 Å². The summed E-state index contributed by atoms with van der Waals surface area (Å²) in [7, 11) is 0. The predicted octanol–water partition coefficient (Wildman–Crippen LogP) is 12.2. The molecule has 7 aromatic carbocycles. The van der Waals surface area contributed by atoms with Crippen LogP contribution in [0.1, 0.15) is 0 Å². The maximum absolute atomic E-state index is 6.34. The molecule has 0 fully saturated rings. The highest BCUT2D eigenvalue weighted by molar-refractivity contribution is 7.25. The third-order valence-corrected chi connectivity index (χ3v) is 9.57. The second kappa shape index (κ2) is 9.59. The Morgan fingerprint density at radius 1 is 0.442 bits per heavy atom. The van der Waals surface area contributed by atoms with E-state index in [1.54, 1.807) is 0 Å². The number of furan rings is 1. The minimum atomic E-state index is 0.917. The Morgan fingerprint density at radius 2 is 1.16 bits per heavy atom. The molecule has 2 heterocycles. The van der Waals surface area contributed by atoms with Crippen molar-refractivity contribution in [3.05, 3.63) is 152 Å². The second-order valence-corrected chi connectivity index (χ2v) is 12.1. The van der Waals surface area contributed by atoms with Crippen molar-refractivity contribution in [3.63, 3.8) is 0 Å². The molecule has 2 nitrogen and oxygen atoms in total. The zero-order chi connectivity index (χ0) is 28.3. The van der Waals surface area contributed by atoms with E-state index in [0.29, 0.717) is 0 Å². The summed E-state index contributed by atoms with van der Waals surface area (Å²) >= 11 is 1.86. The number of hydrogen-bond donors (Lipinski definition) is 0. The van der Waals surface area contributed by atoms with Gasteiger partial charge in [-0.15, -0.1) is 11.3 Å². The van der Waals surface area contributed by atoms with Crippen molar-refractivity contribution in [2.75, 3.05) is 4.90 Å². The van der Waals surface area contributed by atoms with E-state index in [1.165, 1.54) is 30.9 Å². The van der Waals surface area contributed by atoms with Crippen molar-refractivity contribution in [1.82, 2.24) is 0 Å². The molecule has 0 unspecified atom stereocenters. The molecule has 0 radical (unpaired) electrons. The first-order valence-corrected chi connectivity index (χ1v) is 15.3. The first-order valence-electron chi connectivity index (χ1n) is 14.5. The summed E-state index contributed by atoms with van der Waals surface area (Å²) in [4.78, 5) is 2.33. The molecule has 0 aliphatic rings. The Morgan fingerprint density at radius 3 is 2.05 bits per heavy atom. The van der Waals surface area contributed by atoms with E-state index < -0.39 is 0 Å². The van der Waals surface area contributed by atoms with Crippen LogP contribution in [0.25, 0.3) is 64.0 Å². The van der Waals surface area contributed by atoms with E-state index >= 15 is 0 Å². The van der Waals surface area contributed by atoms with E-state index in [1.807, 2.05) is 23.5 Å². The van der Waals surface area contributed by atoms with E-state index in [2.05, 4.69) is 144 Å². The van der Waals surface area contributed by atoms with Gasteiger partial charge in [0, 0.05) is 53.6 Å². The normalized spacial score (nSPS) is 11.7. The number of rotatable bonds is 4. The third kappa shape index (κ3) is 3.93. The van der Waals surface area contributed by atoms with E-state index in [4.69, 9.17) is 4.42 Å². The SMILES string of the molecule is c1ccc(N(c2ccc(-c3cccc4c3oc3ccccc34)cc2)c2ccc3cc4sc5ccccc5c4cc3c2)cc1. The molecule has 0 bridgehead atoms. The lowest BCUT2D eigenvalue weighted by Crippen LogP contribution is -2.09. The summed E-state index contributed by atoms with van der Waals surface area (Å²) < 4.78 is 9.00. The summed E-state index contributed by atoms with van der Waals surface area (Å²) in [5.74, 6) is 0. The van der Waals surface area contributed by atoms with E-state index in [0.717, 1.165) is 50.1 Å². The molecule has 9 rings (SSSR count). The van der Waals surface area contributed by atoms with Crippen LogP contribution in [-0.4, -0.2) is 0 Å². The second-order valence-electron chi connectivity index (χ2n) is 11.0. The van der Waals surface area contributed by atoms with Crippen molar-refractivity contribution in [2.24, 2.45) is 0 Å². The first-order chi connectivity index (χ1) is 21.3. The monoisotopic (exact) mass is 567 g/mol. The van der Waals surface area contributed by atoms with Crippen LogP contribution in [0, 0.1) is 0 Å². The highest BCUT2D eigenvalue weighted by atomic mass is 32.1. The third-order valence-electron chi connectivity index (χ3n) is 8.43. The summed E-state index contributed by atoms with van der Waals surface area (Å²) in [6.07, 6.45) is 0. The molecule has 0 N–H and O–H groups in total. The number of benzene rings is 7. The fourth-order valence-corrected chi connectivity index (χ4v) is 7.52. The van der Waals surface area contributed by atoms with Crippen LogP contribution in [0.3, 0.4) is 0 Å². The van der Waals surface area contributed by atoms with Crippen LogP contribution in [-0.2, 0) is 0 Å². The number of para-hydroxylation sites is 3. The lowest BCUT2D eigenvalue weighted by molar-refractivity contribution is 0.670. The molecular formula is C40H25NOS. The maximum atomic E-state index is 6.34. The minimum absolute atomic E-state index is 0.917. The molecule has 9 aromatic rings. The van der Waals surface area contributed by atoms with Gasteiger partial charge in [-0.1, -0.05) is 91.0 Å². The average molecular weight is 568 g/mol. The van der Waals surface area contributed by atoms with Gasteiger partial charge in [0.1, 0.15) is 11.2 Å². The highest BCUT2D eigenvalue weighted by Crippen LogP contribution is 2.41. The van der Waals surface area contributed by atoms with Gasteiger partial charge in [-0.3, -0.25) is 0 Å². The fourth-order valence-electron chi connectivity index (χ4n) is 6.38. The fraction of sp³-hybridized carbons (Fsp3) is 0. The Kier molecular flexibility index (Phi) is 5.40. The Balaban J connectivity index is 1.17. The quantitative estimate of drug-likeness (QED) is 0.210. The van der Waals surface area contributed by atoms with Gasteiger partial charge in [0.2, 0.25) is 0 Å². The molecule has 43 heavy (non-hydrogen) atoms. The van der Waals surface area contributed by atoms with Crippen molar-refractivity contribution in [2.45, 2.75) is 0 Å². The van der Waals surface area contributed by atoms with Gasteiger partial charge in [0.25, 0.3) is 0 Å². The zero-order valence-corrected chi connectivity index (χ0v) is 24.0. The molecule has 0 saturated heterocycles. The van der Waals surface area contributed by atoms with Gasteiger partial charge in [0.15, 0.2) is 0 Å². The standard InChI is InChI=1S/C40H25NOS/c1-2-9-29(10-3-1)41(31-22-19-27-25-39-36(24-28(27)23-31)34-12-5-7-16-38(34)43-39)30-20-17-26(18-21-30)32-13-8-14-35-33-11-4-6-15-37(33)42-40(32)35/h1-25H. The van der Waals surface area contributed by atoms with Crippen LogP contribution >= 0.6 is 11.3 Å². The summed E-state index contributed by atoms with van der Waals surface area (Å²) in [6.45, 7) is 0. The van der Waals surface area contributed by atoms with Crippen LogP contribution in [0.5, 0.6) is 0 Å². The van der Waals surface area contributed by atoms with Crippen molar-refractivity contribution in [1.29, 1.82) is 0 Å². The number of nitrogens with zero attached hydrogens (tertiary/aromatic N) is 1. The Bertz CT molecular complexity index is 2450. The smallest absolute Gasteiger partial charge is 0.143 e. The van der Waals surface area contributed by atoms with Crippen molar-refractivity contribution >= 4 is 81.3 Å². The molecule has 3 heteroatoms. The highest BCUT2D eigenvalue weighted by Gasteiger charge is 2.16. The number of fused-ring (bicyclic) bond motifs is 7. The largest absolute Gasteiger partial charge is 0.455 e. The molecule has 0 amide bonds. The van der Waals surface area contributed by atoms with Gasteiger partial charge in [0.05, 0.1) is 0 Å². The molecule has 0 saturated carbocycles. The van der Waals surface area contributed by atoms with E-state index in [-0.39, 0.29) is 0 Å². The summed E-state index contributed by atoms with van der Waals surface area (Å²) in [5.41, 5.74) is 7.43. The summed E-state index contributed by atoms with van der Waals surface area (Å²) in [5, 5.41) is 7.43. The Hall–Kier alpha value is -5.38. The summed E-state index contributed by atoms with van der Waals surface area (Å²) in [6, 6.07) is 54.3. The number of hydrogen-bond acceptors (Lipinski definition) is 3. The average Bonchev–Trinajstić information content (AvgIpc) is 3.63. The van der Waals surface area contributed by atoms with Gasteiger partial charge in [-0.2, -0.15) is 0 Å². The molecule has 0 aliphatic carbocycles. The van der Waals surface area contributed by atoms with Gasteiger partial charge in [-0.25, -0.2) is 0 Å². The first kappa shape index (κ1) is 24.2. The van der Waals surface area contributed by atoms with Crippen LogP contribution in [0.15, 0.2) is 156 Å². The number of anilines is 3. The predicted molar refractivity (Wildman–Crippen MR) is 184 cm³/mol. The van der Waals surface area contributed by atoms with Crippen LogP contribution in [0.2, 0.25) is 0 Å². The molecule has 0 aliphatic heterocycles. The molecule has 0 spiro atoms. The van der Waals surface area contributed by atoms with Crippen LogP contribution in [0.4, 0.5) is 17.1 Å². The van der Waals surface area contributed by atoms with Gasteiger partial charge < -0.3 is 9.32 Å². The number of thiophene rings is 1. The molecule has 2 aromatic heterocycles. The van der Waals surface area contributed by atoms with E-state index in [9.17, 15) is 0 Å². The topological polar surface area (TPSA) is 16.4 Å². The Labute approximate surface area is 252 Å². The molecule has 0 atom stereocenters. The van der Waals surface area contributed by atoms with Gasteiger partial charge in [-0.05, 0) is 77.0 Å². The van der Waals surface area contributed by atoms with Crippen LogP contribution < -0.4 is 4.90 Å². The molecular weight excluding hydrogens is 543 g/mol. The lowest BCUT2D eigenvalue weighted by Gasteiger charge is -2.26. The lowest BCUT2D eigenvalue weighted by atomic mass is 10.0.